The molecule has 1 aromatic rings. The zero-order valence-electron chi connectivity index (χ0n) is 18.7. The van der Waals surface area contributed by atoms with Gasteiger partial charge >= 0.3 is 11.9 Å². The van der Waals surface area contributed by atoms with Crippen LogP contribution in [0.3, 0.4) is 0 Å². The van der Waals surface area contributed by atoms with Gasteiger partial charge in [-0.3, -0.25) is 0 Å². The lowest BCUT2D eigenvalue weighted by atomic mass is 10.1. The molecule has 0 bridgehead atoms. The standard InChI is InChI=1S/C25H40O4/c1-4-6-8-9-10-11-12-13-14-19-28-24(26)22-17-15-18-23(20-22)25(27)29-21(3)16-7-5-2/h15,17-18,20-21H,4-14,16,19H2,1-3H3. The van der Waals surface area contributed by atoms with E-state index in [-0.39, 0.29) is 18.0 Å². The second-order valence-electron chi connectivity index (χ2n) is 7.90. The molecule has 0 spiro atoms. The van der Waals surface area contributed by atoms with Crippen LogP contribution < -0.4 is 0 Å². The number of hydrogen-bond donors (Lipinski definition) is 0. The van der Waals surface area contributed by atoms with Crippen molar-refractivity contribution < 1.29 is 19.1 Å². The van der Waals surface area contributed by atoms with Gasteiger partial charge in [-0.15, -0.1) is 0 Å². The van der Waals surface area contributed by atoms with Gasteiger partial charge in [0.1, 0.15) is 0 Å². The number of esters is 2. The van der Waals surface area contributed by atoms with E-state index in [2.05, 4.69) is 13.8 Å². The summed E-state index contributed by atoms with van der Waals surface area (Å²) in [7, 11) is 0. The fourth-order valence-electron chi connectivity index (χ4n) is 3.24. The summed E-state index contributed by atoms with van der Waals surface area (Å²) in [4.78, 5) is 24.5. The Bertz CT molecular complexity index is 582. The molecular weight excluding hydrogens is 364 g/mol. The number of ether oxygens (including phenoxy) is 2. The molecule has 0 heterocycles. The van der Waals surface area contributed by atoms with Crippen molar-refractivity contribution in [3.63, 3.8) is 0 Å². The highest BCUT2D eigenvalue weighted by atomic mass is 16.5. The molecule has 164 valence electrons. The van der Waals surface area contributed by atoms with Crippen LogP contribution in [0.4, 0.5) is 0 Å². The molecule has 1 atom stereocenters. The maximum atomic E-state index is 12.3. The monoisotopic (exact) mass is 404 g/mol. The predicted octanol–water partition coefficient (Wildman–Crippen LogP) is 7.11. The SMILES string of the molecule is CCCCCCCCCCCOC(=O)c1cccc(C(=O)OC(C)CCCC)c1. The quantitative estimate of drug-likeness (QED) is 0.218. The minimum absolute atomic E-state index is 0.121. The summed E-state index contributed by atoms with van der Waals surface area (Å²) in [5.74, 6) is -0.763. The minimum Gasteiger partial charge on any atom is -0.462 e. The van der Waals surface area contributed by atoms with E-state index < -0.39 is 0 Å². The van der Waals surface area contributed by atoms with Gasteiger partial charge in [-0.05, 0) is 38.0 Å². The first kappa shape index (κ1) is 25.2. The molecule has 0 saturated heterocycles. The molecule has 0 aliphatic heterocycles. The van der Waals surface area contributed by atoms with Gasteiger partial charge in [0, 0.05) is 0 Å². The van der Waals surface area contributed by atoms with E-state index in [1.165, 1.54) is 44.9 Å². The Balaban J connectivity index is 2.27. The average Bonchev–Trinajstić information content (AvgIpc) is 2.73. The first-order chi connectivity index (χ1) is 14.1. The molecule has 0 aliphatic rings. The molecule has 29 heavy (non-hydrogen) atoms. The molecule has 1 rings (SSSR count). The lowest BCUT2D eigenvalue weighted by molar-refractivity contribution is 0.0320. The van der Waals surface area contributed by atoms with E-state index in [4.69, 9.17) is 9.47 Å². The Hall–Kier alpha value is -1.84. The average molecular weight is 405 g/mol. The topological polar surface area (TPSA) is 52.6 Å². The van der Waals surface area contributed by atoms with E-state index in [9.17, 15) is 9.59 Å². The largest absolute Gasteiger partial charge is 0.462 e. The molecule has 1 aromatic carbocycles. The van der Waals surface area contributed by atoms with Crippen molar-refractivity contribution in [3.05, 3.63) is 35.4 Å². The lowest BCUT2D eigenvalue weighted by Gasteiger charge is -2.13. The van der Waals surface area contributed by atoms with Gasteiger partial charge in [0.05, 0.1) is 23.8 Å². The first-order valence-electron chi connectivity index (χ1n) is 11.6. The Kier molecular flexibility index (Phi) is 13.9. The summed E-state index contributed by atoms with van der Waals surface area (Å²) in [6.07, 6.45) is 13.9. The van der Waals surface area contributed by atoms with E-state index in [0.717, 1.165) is 32.1 Å². The van der Waals surface area contributed by atoms with E-state index in [1.54, 1.807) is 24.3 Å². The Morgan fingerprint density at radius 1 is 0.793 bits per heavy atom. The van der Waals surface area contributed by atoms with Crippen molar-refractivity contribution in [1.82, 2.24) is 0 Å². The lowest BCUT2D eigenvalue weighted by Crippen LogP contribution is -2.15. The van der Waals surface area contributed by atoms with Crippen molar-refractivity contribution in [2.24, 2.45) is 0 Å². The van der Waals surface area contributed by atoms with Crippen LogP contribution in [0.5, 0.6) is 0 Å². The third kappa shape index (κ3) is 11.7. The number of carbonyl (C=O) groups excluding carboxylic acids is 2. The Morgan fingerprint density at radius 3 is 1.97 bits per heavy atom. The van der Waals surface area contributed by atoms with Gasteiger partial charge in [0.2, 0.25) is 0 Å². The van der Waals surface area contributed by atoms with Crippen molar-refractivity contribution in [2.75, 3.05) is 6.61 Å². The molecule has 0 aliphatic carbocycles. The van der Waals surface area contributed by atoms with Gasteiger partial charge in [0.15, 0.2) is 0 Å². The zero-order chi connectivity index (χ0) is 21.3. The van der Waals surface area contributed by atoms with Crippen LogP contribution in [0.1, 0.15) is 119 Å². The van der Waals surface area contributed by atoms with Crippen molar-refractivity contribution in [3.8, 4) is 0 Å². The second kappa shape index (κ2) is 16.0. The van der Waals surface area contributed by atoms with Gasteiger partial charge in [-0.1, -0.05) is 84.1 Å². The fraction of sp³-hybridized carbons (Fsp3) is 0.680. The maximum Gasteiger partial charge on any atom is 0.338 e. The molecule has 0 amide bonds. The summed E-state index contributed by atoms with van der Waals surface area (Å²) in [5, 5.41) is 0. The highest BCUT2D eigenvalue weighted by molar-refractivity contribution is 5.95. The highest BCUT2D eigenvalue weighted by Crippen LogP contribution is 2.13. The first-order valence-corrected chi connectivity index (χ1v) is 11.6. The molecule has 0 aromatic heterocycles. The Morgan fingerprint density at radius 2 is 1.34 bits per heavy atom. The number of carbonyl (C=O) groups is 2. The highest BCUT2D eigenvalue weighted by Gasteiger charge is 2.15. The normalized spacial score (nSPS) is 11.8. The Labute approximate surface area is 177 Å². The molecule has 4 nitrogen and oxygen atoms in total. The molecule has 0 radical (unpaired) electrons. The van der Waals surface area contributed by atoms with Gasteiger partial charge in [-0.2, -0.15) is 0 Å². The minimum atomic E-state index is -0.387. The number of hydrogen-bond acceptors (Lipinski definition) is 4. The number of unbranched alkanes of at least 4 members (excludes halogenated alkanes) is 9. The van der Waals surface area contributed by atoms with Crippen molar-refractivity contribution in [1.29, 1.82) is 0 Å². The van der Waals surface area contributed by atoms with Crippen LogP contribution in [0.15, 0.2) is 24.3 Å². The van der Waals surface area contributed by atoms with Crippen LogP contribution in [-0.4, -0.2) is 24.6 Å². The maximum absolute atomic E-state index is 12.3. The van der Waals surface area contributed by atoms with Crippen molar-refractivity contribution >= 4 is 11.9 Å². The second-order valence-corrected chi connectivity index (χ2v) is 7.90. The summed E-state index contributed by atoms with van der Waals surface area (Å²) in [5.41, 5.74) is 0.794. The van der Waals surface area contributed by atoms with Crippen LogP contribution in [-0.2, 0) is 9.47 Å². The van der Waals surface area contributed by atoms with Gasteiger partial charge < -0.3 is 9.47 Å². The smallest absolute Gasteiger partial charge is 0.338 e. The van der Waals surface area contributed by atoms with Crippen LogP contribution in [0, 0.1) is 0 Å². The molecule has 0 N–H and O–H groups in total. The van der Waals surface area contributed by atoms with Crippen molar-refractivity contribution in [2.45, 2.75) is 104 Å². The van der Waals surface area contributed by atoms with E-state index in [0.29, 0.717) is 17.7 Å². The van der Waals surface area contributed by atoms with E-state index in [1.807, 2.05) is 6.92 Å². The zero-order valence-corrected chi connectivity index (χ0v) is 18.7. The van der Waals surface area contributed by atoms with Gasteiger partial charge in [-0.25, -0.2) is 9.59 Å². The van der Waals surface area contributed by atoms with Crippen LogP contribution in [0.2, 0.25) is 0 Å². The van der Waals surface area contributed by atoms with E-state index >= 15 is 0 Å². The van der Waals surface area contributed by atoms with Crippen LogP contribution >= 0.6 is 0 Å². The van der Waals surface area contributed by atoms with Crippen LogP contribution in [0.25, 0.3) is 0 Å². The van der Waals surface area contributed by atoms with Gasteiger partial charge in [0.25, 0.3) is 0 Å². The summed E-state index contributed by atoms with van der Waals surface area (Å²) < 4.78 is 10.8. The predicted molar refractivity (Wildman–Crippen MR) is 118 cm³/mol. The molecule has 0 fully saturated rings. The number of benzene rings is 1. The fourth-order valence-corrected chi connectivity index (χ4v) is 3.24. The molecule has 4 heteroatoms. The molecular formula is C25H40O4. The summed E-state index contributed by atoms with van der Waals surface area (Å²) in [6, 6.07) is 6.61. The summed E-state index contributed by atoms with van der Waals surface area (Å²) in [6.45, 7) is 6.67. The third-order valence-corrected chi connectivity index (χ3v) is 5.09. The third-order valence-electron chi connectivity index (χ3n) is 5.09. The molecule has 1 unspecified atom stereocenters. The molecule has 0 saturated carbocycles. The number of rotatable bonds is 16. The summed E-state index contributed by atoms with van der Waals surface area (Å²) >= 11 is 0.